The van der Waals surface area contributed by atoms with Crippen LogP contribution in [-0.2, 0) is 0 Å². The summed E-state index contributed by atoms with van der Waals surface area (Å²) in [5.41, 5.74) is 0. The van der Waals surface area contributed by atoms with Crippen molar-refractivity contribution < 1.29 is 4.79 Å². The van der Waals surface area contributed by atoms with Gasteiger partial charge in [-0.25, -0.2) is 0 Å². The highest BCUT2D eigenvalue weighted by atomic mass is 35.5. The van der Waals surface area contributed by atoms with Crippen molar-refractivity contribution in [2.24, 2.45) is 5.92 Å². The number of halogens is 1. The number of carbonyl (C=O) groups excluding carboxylic acids is 1. The zero-order valence-electron chi connectivity index (χ0n) is 5.01. The quantitative estimate of drug-likeness (QED) is 0.373. The van der Waals surface area contributed by atoms with Crippen molar-refractivity contribution in [3.63, 3.8) is 0 Å². The van der Waals surface area contributed by atoms with Crippen LogP contribution < -0.4 is 0 Å². The van der Waals surface area contributed by atoms with Gasteiger partial charge in [-0.15, -0.1) is 0 Å². The van der Waals surface area contributed by atoms with Crippen molar-refractivity contribution in [1.82, 2.24) is 4.90 Å². The van der Waals surface area contributed by atoms with Crippen LogP contribution in [-0.4, -0.2) is 22.9 Å². The van der Waals surface area contributed by atoms with Gasteiger partial charge >= 0.3 is 5.37 Å². The second-order valence-electron chi connectivity index (χ2n) is 2.90. The second-order valence-corrected chi connectivity index (χ2v) is 3.22. The maximum absolute atomic E-state index is 10.6. The third-order valence-electron chi connectivity index (χ3n) is 2.33. The largest absolute Gasteiger partial charge is 0.326 e. The maximum atomic E-state index is 10.6. The van der Waals surface area contributed by atoms with Crippen molar-refractivity contribution in [2.75, 3.05) is 6.54 Å². The van der Waals surface area contributed by atoms with Crippen LogP contribution >= 0.6 is 11.6 Å². The first-order valence-corrected chi connectivity index (χ1v) is 3.61. The summed E-state index contributed by atoms with van der Waals surface area (Å²) in [6.45, 7) is 0.910. The minimum absolute atomic E-state index is 0.264. The summed E-state index contributed by atoms with van der Waals surface area (Å²) < 4.78 is 0. The lowest BCUT2D eigenvalue weighted by Gasteiger charge is -2.23. The highest BCUT2D eigenvalue weighted by Crippen LogP contribution is 2.40. The maximum Gasteiger partial charge on any atom is 0.316 e. The number of nitrogens with zero attached hydrogens (tertiary/aromatic N) is 1. The van der Waals surface area contributed by atoms with E-state index >= 15 is 0 Å². The molecular weight excluding hydrogens is 138 g/mol. The molecule has 3 fully saturated rings. The van der Waals surface area contributed by atoms with E-state index < -0.39 is 0 Å². The van der Waals surface area contributed by atoms with E-state index in [0.717, 1.165) is 12.5 Å². The fraction of sp³-hybridized carbons (Fsp3) is 0.833. The fourth-order valence-electron chi connectivity index (χ4n) is 1.75. The lowest BCUT2D eigenvalue weighted by Crippen LogP contribution is -2.30. The van der Waals surface area contributed by atoms with Gasteiger partial charge in [0.1, 0.15) is 0 Å². The van der Waals surface area contributed by atoms with Crippen LogP contribution in [0.1, 0.15) is 12.8 Å². The van der Waals surface area contributed by atoms with Crippen molar-refractivity contribution in [1.29, 1.82) is 0 Å². The Hall–Kier alpha value is -0.240. The number of carbonyl (C=O) groups is 1. The zero-order valence-corrected chi connectivity index (χ0v) is 5.77. The first kappa shape index (κ1) is 5.54. The molecule has 2 nitrogen and oxygen atoms in total. The Kier molecular flexibility index (Phi) is 1.00. The summed E-state index contributed by atoms with van der Waals surface area (Å²) in [7, 11) is 0. The smallest absolute Gasteiger partial charge is 0.316 e. The molecule has 2 bridgehead atoms. The molecule has 1 amide bonds. The fourth-order valence-corrected chi connectivity index (χ4v) is 1.95. The topological polar surface area (TPSA) is 20.3 Å². The summed E-state index contributed by atoms with van der Waals surface area (Å²) in [6, 6.07) is 0.500. The first-order chi connectivity index (χ1) is 4.27. The Morgan fingerprint density at radius 1 is 1.56 bits per heavy atom. The van der Waals surface area contributed by atoms with Crippen molar-refractivity contribution in [2.45, 2.75) is 18.9 Å². The third kappa shape index (κ3) is 0.659. The monoisotopic (exact) mass is 145 g/mol. The normalized spacial score (nSPS) is 38.6. The van der Waals surface area contributed by atoms with Gasteiger partial charge < -0.3 is 4.90 Å². The average molecular weight is 146 g/mol. The van der Waals surface area contributed by atoms with Gasteiger partial charge in [-0.05, 0) is 30.4 Å². The SMILES string of the molecule is O=C(Cl)N1CC2CC1C2. The summed E-state index contributed by atoms with van der Waals surface area (Å²) >= 11 is 5.29. The molecule has 0 radical (unpaired) electrons. The summed E-state index contributed by atoms with van der Waals surface area (Å²) in [5, 5.41) is -0.264. The molecule has 0 aromatic heterocycles. The van der Waals surface area contributed by atoms with E-state index in [1.54, 1.807) is 4.90 Å². The molecule has 0 aromatic rings. The summed E-state index contributed by atoms with van der Waals surface area (Å²) in [6.07, 6.45) is 2.39. The minimum atomic E-state index is -0.264. The number of rotatable bonds is 0. The van der Waals surface area contributed by atoms with E-state index in [2.05, 4.69) is 0 Å². The molecule has 2 aliphatic heterocycles. The highest BCUT2D eigenvalue weighted by Gasteiger charge is 2.44. The molecular formula is C6H8ClNO. The first-order valence-electron chi connectivity index (χ1n) is 3.23. The molecule has 9 heavy (non-hydrogen) atoms. The van der Waals surface area contributed by atoms with Gasteiger partial charge in [-0.3, -0.25) is 4.79 Å². The van der Waals surface area contributed by atoms with Gasteiger partial charge in [-0.2, -0.15) is 0 Å². The predicted octanol–water partition coefficient (Wildman–Crippen LogP) is 1.44. The van der Waals surface area contributed by atoms with Crippen LogP contribution in [0.2, 0.25) is 0 Å². The molecule has 3 aliphatic rings. The van der Waals surface area contributed by atoms with Crippen molar-refractivity contribution in [3.8, 4) is 0 Å². The van der Waals surface area contributed by atoms with Crippen LogP contribution in [0.4, 0.5) is 4.79 Å². The molecule has 0 aromatic carbocycles. The van der Waals surface area contributed by atoms with E-state index in [1.165, 1.54) is 12.8 Å². The molecule has 2 saturated heterocycles. The van der Waals surface area contributed by atoms with Gasteiger partial charge in [0, 0.05) is 12.6 Å². The number of hydrogen-bond donors (Lipinski definition) is 0. The predicted molar refractivity (Wildman–Crippen MR) is 34.5 cm³/mol. The standard InChI is InChI=1S/C6H8ClNO/c7-6(9)8-3-4-1-5(8)2-4/h4-5H,1-3H2. The Bertz CT molecular complexity index is 153. The van der Waals surface area contributed by atoms with E-state index in [0.29, 0.717) is 6.04 Å². The van der Waals surface area contributed by atoms with E-state index in [1.807, 2.05) is 0 Å². The molecule has 1 aliphatic carbocycles. The second kappa shape index (κ2) is 1.63. The average Bonchev–Trinajstić information content (AvgIpc) is 2.12. The number of fused-ring (bicyclic) bond motifs is 1. The van der Waals surface area contributed by atoms with E-state index in [-0.39, 0.29) is 5.37 Å². The molecule has 2 heterocycles. The summed E-state index contributed by atoms with van der Waals surface area (Å²) in [4.78, 5) is 12.3. The molecule has 3 heteroatoms. The Morgan fingerprint density at radius 2 is 2.22 bits per heavy atom. The van der Waals surface area contributed by atoms with Crippen LogP contribution in [0.3, 0.4) is 0 Å². The van der Waals surface area contributed by atoms with Crippen molar-refractivity contribution >= 4 is 17.0 Å². The molecule has 1 saturated carbocycles. The lowest BCUT2D eigenvalue weighted by atomic mass is 9.86. The van der Waals surface area contributed by atoms with Gasteiger partial charge in [0.25, 0.3) is 0 Å². The molecule has 50 valence electrons. The van der Waals surface area contributed by atoms with Crippen LogP contribution in [0, 0.1) is 5.92 Å². The number of hydrogen-bond acceptors (Lipinski definition) is 1. The van der Waals surface area contributed by atoms with E-state index in [9.17, 15) is 4.79 Å². The zero-order chi connectivity index (χ0) is 6.43. The van der Waals surface area contributed by atoms with Gasteiger partial charge in [-0.1, -0.05) is 0 Å². The van der Waals surface area contributed by atoms with Gasteiger partial charge in [0.2, 0.25) is 0 Å². The Morgan fingerprint density at radius 3 is 2.44 bits per heavy atom. The molecule has 0 unspecified atom stereocenters. The van der Waals surface area contributed by atoms with Crippen molar-refractivity contribution in [3.05, 3.63) is 0 Å². The van der Waals surface area contributed by atoms with E-state index in [4.69, 9.17) is 11.6 Å². The van der Waals surface area contributed by atoms with Crippen LogP contribution in [0.25, 0.3) is 0 Å². The Labute approximate surface area is 58.8 Å². The third-order valence-corrected chi connectivity index (χ3v) is 2.55. The van der Waals surface area contributed by atoms with Gasteiger partial charge in [0.05, 0.1) is 0 Å². The molecule has 0 atom stereocenters. The molecule has 3 rings (SSSR count). The van der Waals surface area contributed by atoms with Gasteiger partial charge in [0.15, 0.2) is 0 Å². The van der Waals surface area contributed by atoms with Crippen LogP contribution in [0.15, 0.2) is 0 Å². The number of amides is 1. The lowest BCUT2D eigenvalue weighted by molar-refractivity contribution is 0.217. The van der Waals surface area contributed by atoms with Crippen LogP contribution in [0.5, 0.6) is 0 Å². The molecule has 0 N–H and O–H groups in total. The molecule has 0 spiro atoms. The highest BCUT2D eigenvalue weighted by molar-refractivity contribution is 6.62. The minimum Gasteiger partial charge on any atom is -0.326 e. The summed E-state index contributed by atoms with van der Waals surface area (Å²) in [5.74, 6) is 0.776. The Balaban J connectivity index is 2.08.